The van der Waals surface area contributed by atoms with Crippen LogP contribution < -0.4 is 0 Å². The lowest BCUT2D eigenvalue weighted by molar-refractivity contribution is -0.137. The Bertz CT molecular complexity index is 765. The summed E-state index contributed by atoms with van der Waals surface area (Å²) in [6.45, 7) is 4.92. The second-order valence-corrected chi connectivity index (χ2v) is 11.2. The van der Waals surface area contributed by atoms with Crippen molar-refractivity contribution in [1.29, 1.82) is 5.26 Å². The average molecular weight is 382 g/mol. The Labute approximate surface area is 169 Å². The summed E-state index contributed by atoms with van der Waals surface area (Å²) in [6.07, 6.45) is 13.1. The number of carbonyl (C=O) groups is 1. The van der Waals surface area contributed by atoms with Gasteiger partial charge in [0.1, 0.15) is 5.78 Å². The molecule has 0 aliphatic heterocycles. The quantitative estimate of drug-likeness (QED) is 0.587. The van der Waals surface area contributed by atoms with E-state index in [1.807, 2.05) is 0 Å². The largest absolute Gasteiger partial charge is 0.393 e. The molecule has 0 heterocycles. The van der Waals surface area contributed by atoms with Crippen LogP contribution in [0, 0.1) is 51.2 Å². The SMILES string of the molecule is C[C@]12CC[C@H](O)CC1=CC[C@@H]1[C@@H]2CC[C@@]2(C)[C@H]1CC[C@]21CC(=O)CC[C@H]1C#N. The third-order valence-corrected chi connectivity index (χ3v) is 10.6. The van der Waals surface area contributed by atoms with Crippen molar-refractivity contribution in [2.24, 2.45) is 39.9 Å². The second-order valence-electron chi connectivity index (χ2n) is 11.2. The molecule has 5 aliphatic carbocycles. The van der Waals surface area contributed by atoms with Gasteiger partial charge in [-0.1, -0.05) is 25.5 Å². The molecule has 0 saturated heterocycles. The molecule has 152 valence electrons. The summed E-state index contributed by atoms with van der Waals surface area (Å²) >= 11 is 0. The summed E-state index contributed by atoms with van der Waals surface area (Å²) in [5, 5.41) is 20.2. The molecule has 3 nitrogen and oxygen atoms in total. The minimum atomic E-state index is -0.149. The van der Waals surface area contributed by atoms with Crippen LogP contribution in [0.4, 0.5) is 0 Å². The number of Topliss-reactive ketones (excluding diaryl/α,β-unsaturated/α-hetero) is 1. The fourth-order valence-electron chi connectivity index (χ4n) is 9.01. The van der Waals surface area contributed by atoms with Crippen molar-refractivity contribution in [2.45, 2.75) is 90.6 Å². The van der Waals surface area contributed by atoms with E-state index in [0.717, 1.165) is 38.5 Å². The molecule has 5 aliphatic rings. The molecule has 0 unspecified atom stereocenters. The topological polar surface area (TPSA) is 61.1 Å². The van der Waals surface area contributed by atoms with Crippen LogP contribution in [0.1, 0.15) is 84.5 Å². The number of fused-ring (bicyclic) bond motifs is 6. The zero-order chi connectivity index (χ0) is 19.7. The maximum Gasteiger partial charge on any atom is 0.133 e. The predicted molar refractivity (Wildman–Crippen MR) is 108 cm³/mol. The van der Waals surface area contributed by atoms with Gasteiger partial charge in [-0.25, -0.2) is 0 Å². The molecular formula is C25H35NO2. The van der Waals surface area contributed by atoms with E-state index < -0.39 is 0 Å². The first kappa shape index (κ1) is 18.9. The highest BCUT2D eigenvalue weighted by molar-refractivity contribution is 5.80. The van der Waals surface area contributed by atoms with E-state index >= 15 is 0 Å². The number of hydrogen-bond acceptors (Lipinski definition) is 3. The van der Waals surface area contributed by atoms with E-state index in [0.29, 0.717) is 36.4 Å². The fourth-order valence-corrected chi connectivity index (χ4v) is 9.01. The number of nitrogens with zero attached hydrogens (tertiary/aromatic N) is 1. The maximum atomic E-state index is 12.5. The molecule has 0 aromatic rings. The van der Waals surface area contributed by atoms with E-state index in [9.17, 15) is 15.2 Å². The van der Waals surface area contributed by atoms with Crippen LogP contribution in [0.15, 0.2) is 11.6 Å². The van der Waals surface area contributed by atoms with Crippen LogP contribution in [0.25, 0.3) is 0 Å². The molecule has 0 amide bonds. The summed E-state index contributed by atoms with van der Waals surface area (Å²) < 4.78 is 0. The van der Waals surface area contributed by atoms with Crippen LogP contribution in [0.5, 0.6) is 0 Å². The minimum absolute atomic E-state index is 0.0619. The number of carbonyl (C=O) groups excluding carboxylic acids is 1. The van der Waals surface area contributed by atoms with Crippen LogP contribution >= 0.6 is 0 Å². The highest BCUT2D eigenvalue weighted by Crippen LogP contribution is 2.73. The third kappa shape index (κ3) is 2.28. The van der Waals surface area contributed by atoms with Crippen LogP contribution in [-0.2, 0) is 4.79 Å². The Morgan fingerprint density at radius 1 is 1.11 bits per heavy atom. The number of aliphatic hydroxyl groups excluding tert-OH is 1. The first-order valence-corrected chi connectivity index (χ1v) is 11.6. The van der Waals surface area contributed by atoms with Gasteiger partial charge in [0.25, 0.3) is 0 Å². The van der Waals surface area contributed by atoms with Gasteiger partial charge >= 0.3 is 0 Å². The normalized spacial score (nSPS) is 53.0. The lowest BCUT2D eigenvalue weighted by Crippen LogP contribution is -2.55. The predicted octanol–water partition coefficient (Wildman–Crippen LogP) is 5.19. The Kier molecular flexibility index (Phi) is 4.16. The molecule has 1 N–H and O–H groups in total. The summed E-state index contributed by atoms with van der Waals surface area (Å²) in [5.41, 5.74) is 1.85. The number of aliphatic hydroxyl groups is 1. The smallest absolute Gasteiger partial charge is 0.133 e. The second kappa shape index (κ2) is 6.18. The van der Waals surface area contributed by atoms with Gasteiger partial charge in [0, 0.05) is 12.8 Å². The Hall–Kier alpha value is -1.14. The van der Waals surface area contributed by atoms with E-state index in [1.54, 1.807) is 0 Å². The minimum Gasteiger partial charge on any atom is -0.393 e. The van der Waals surface area contributed by atoms with Crippen LogP contribution in [0.3, 0.4) is 0 Å². The molecule has 0 radical (unpaired) electrons. The number of allylic oxidation sites excluding steroid dienone is 1. The van der Waals surface area contributed by atoms with Crippen LogP contribution in [-0.4, -0.2) is 17.0 Å². The number of hydrogen-bond donors (Lipinski definition) is 1. The van der Waals surface area contributed by atoms with E-state index in [2.05, 4.69) is 26.0 Å². The molecule has 0 bridgehead atoms. The number of nitriles is 1. The van der Waals surface area contributed by atoms with Gasteiger partial charge in [-0.05, 0) is 91.8 Å². The van der Waals surface area contributed by atoms with Crippen molar-refractivity contribution in [1.82, 2.24) is 0 Å². The van der Waals surface area contributed by atoms with Gasteiger partial charge in [0.05, 0.1) is 18.1 Å². The average Bonchev–Trinajstić information content (AvgIpc) is 2.95. The fraction of sp³-hybridized carbons (Fsp3) is 0.840. The molecule has 8 atom stereocenters. The Morgan fingerprint density at radius 3 is 2.68 bits per heavy atom. The van der Waals surface area contributed by atoms with Crippen LogP contribution in [0.2, 0.25) is 0 Å². The van der Waals surface area contributed by atoms with Crippen molar-refractivity contribution in [2.75, 3.05) is 0 Å². The van der Waals surface area contributed by atoms with Gasteiger partial charge < -0.3 is 5.11 Å². The standard InChI is InChI=1S/C25H35NO2/c1-23-10-7-18(27)13-16(23)4-6-20-21(23)8-11-24(2)22(20)9-12-25(24)14-19(28)5-3-17(25)15-26/h4,17-18,20-22,27H,3,5-14H2,1-2H3/t17-,18-,20+,21-,22-,23-,24-,25+/m0/s1. The first-order valence-electron chi connectivity index (χ1n) is 11.6. The van der Waals surface area contributed by atoms with Crippen molar-refractivity contribution in [3.8, 4) is 6.07 Å². The van der Waals surface area contributed by atoms with Crippen molar-refractivity contribution in [3.05, 3.63) is 11.6 Å². The lowest BCUT2D eigenvalue weighted by Gasteiger charge is -2.61. The van der Waals surface area contributed by atoms with Gasteiger partial charge in [0.15, 0.2) is 0 Å². The summed E-state index contributed by atoms with van der Waals surface area (Å²) in [7, 11) is 0. The molecule has 3 heteroatoms. The van der Waals surface area contributed by atoms with Crippen molar-refractivity contribution in [3.63, 3.8) is 0 Å². The van der Waals surface area contributed by atoms with Crippen molar-refractivity contribution < 1.29 is 9.90 Å². The highest BCUT2D eigenvalue weighted by atomic mass is 16.3. The van der Waals surface area contributed by atoms with E-state index in [-0.39, 0.29) is 28.3 Å². The molecule has 0 aromatic heterocycles. The molecule has 0 aromatic carbocycles. The first-order chi connectivity index (χ1) is 13.3. The van der Waals surface area contributed by atoms with Gasteiger partial charge in [-0.15, -0.1) is 0 Å². The van der Waals surface area contributed by atoms with E-state index in [1.165, 1.54) is 24.8 Å². The van der Waals surface area contributed by atoms with Gasteiger partial charge in [0.2, 0.25) is 0 Å². The molecule has 4 fully saturated rings. The molecule has 5 rings (SSSR count). The molecule has 1 spiro atoms. The number of ketones is 1. The monoisotopic (exact) mass is 381 g/mol. The summed E-state index contributed by atoms with van der Waals surface area (Å²) in [5.74, 6) is 2.52. The van der Waals surface area contributed by atoms with Gasteiger partial charge in [-0.3, -0.25) is 4.79 Å². The summed E-state index contributed by atoms with van der Waals surface area (Å²) in [6, 6.07) is 2.65. The number of rotatable bonds is 0. The Morgan fingerprint density at radius 2 is 1.89 bits per heavy atom. The maximum absolute atomic E-state index is 12.5. The van der Waals surface area contributed by atoms with E-state index in [4.69, 9.17) is 0 Å². The zero-order valence-corrected chi connectivity index (χ0v) is 17.5. The molecule has 4 saturated carbocycles. The highest BCUT2D eigenvalue weighted by Gasteiger charge is 2.66. The zero-order valence-electron chi connectivity index (χ0n) is 17.5. The van der Waals surface area contributed by atoms with Gasteiger partial charge in [-0.2, -0.15) is 5.26 Å². The Balaban J connectivity index is 1.51. The van der Waals surface area contributed by atoms with Crippen molar-refractivity contribution >= 4 is 5.78 Å². The summed E-state index contributed by atoms with van der Waals surface area (Å²) in [4.78, 5) is 12.5. The lowest BCUT2D eigenvalue weighted by atomic mass is 9.43. The third-order valence-electron chi connectivity index (χ3n) is 10.6. The molecule has 28 heavy (non-hydrogen) atoms. The molecular weight excluding hydrogens is 346 g/mol.